The van der Waals surface area contributed by atoms with Crippen molar-refractivity contribution in [1.29, 1.82) is 0 Å². The van der Waals surface area contributed by atoms with Crippen LogP contribution in [0.2, 0.25) is 0 Å². The van der Waals surface area contributed by atoms with Gasteiger partial charge in [-0.2, -0.15) is 0 Å². The van der Waals surface area contributed by atoms with Gasteiger partial charge in [0, 0.05) is 56.5 Å². The summed E-state index contributed by atoms with van der Waals surface area (Å²) in [7, 11) is 5.54. The van der Waals surface area contributed by atoms with Gasteiger partial charge in [-0.1, -0.05) is 12.1 Å². The number of ether oxygens (including phenoxy) is 2. The Morgan fingerprint density at radius 3 is 2.43 bits per heavy atom. The number of rotatable bonds is 5. The zero-order valence-electron chi connectivity index (χ0n) is 20.8. The number of anilines is 2. The molecule has 8 nitrogen and oxygen atoms in total. The van der Waals surface area contributed by atoms with E-state index in [1.807, 2.05) is 35.2 Å². The predicted molar refractivity (Wildman–Crippen MR) is 140 cm³/mol. The fourth-order valence-corrected chi connectivity index (χ4v) is 5.31. The number of urea groups is 1. The molecule has 186 valence electrons. The van der Waals surface area contributed by atoms with Gasteiger partial charge >= 0.3 is 6.03 Å². The van der Waals surface area contributed by atoms with Crippen molar-refractivity contribution in [3.8, 4) is 11.5 Å². The van der Waals surface area contributed by atoms with E-state index in [0.717, 1.165) is 80.5 Å². The highest BCUT2D eigenvalue weighted by Crippen LogP contribution is 2.36. The molecule has 0 radical (unpaired) electrons. The van der Waals surface area contributed by atoms with Crippen molar-refractivity contribution in [2.45, 2.75) is 18.8 Å². The number of carbonyl (C=O) groups excluding carboxylic acids is 1. The van der Waals surface area contributed by atoms with Gasteiger partial charge in [0.15, 0.2) is 0 Å². The molecule has 0 bridgehead atoms. The third-order valence-electron chi connectivity index (χ3n) is 7.43. The summed E-state index contributed by atoms with van der Waals surface area (Å²) in [6, 6.07) is 12.0. The topological polar surface area (TPSA) is 73.1 Å². The van der Waals surface area contributed by atoms with E-state index in [1.54, 1.807) is 14.2 Å². The molecule has 2 aliphatic rings. The lowest BCUT2D eigenvalue weighted by Crippen LogP contribution is -2.44. The van der Waals surface area contributed by atoms with E-state index in [4.69, 9.17) is 9.47 Å². The molecule has 5 rings (SSSR count). The molecule has 2 aliphatic heterocycles. The number of piperidine rings is 1. The molecule has 35 heavy (non-hydrogen) atoms. The number of likely N-dealkylation sites (tertiary alicyclic amines) is 1. The lowest BCUT2D eigenvalue weighted by molar-refractivity contribution is 0.195. The highest BCUT2D eigenvalue weighted by atomic mass is 16.5. The van der Waals surface area contributed by atoms with Crippen molar-refractivity contribution >= 4 is 28.3 Å². The van der Waals surface area contributed by atoms with Crippen LogP contribution in [0.3, 0.4) is 0 Å². The molecule has 2 fully saturated rings. The number of methoxy groups -OCH3 is 2. The van der Waals surface area contributed by atoms with Crippen LogP contribution in [-0.4, -0.2) is 81.4 Å². The Morgan fingerprint density at radius 2 is 1.71 bits per heavy atom. The van der Waals surface area contributed by atoms with E-state index in [9.17, 15) is 4.79 Å². The number of aromatic amines is 1. The standard InChI is InChI=1S/C27H35N5O3/c1-30-13-15-31(16-14-30)23-17-20(7-8-24(23)34-2)29-27(33)32-11-9-19(10-12-32)22-18-28-26-21(22)5-4-6-25(26)35-3/h4-8,17-19,28H,9-16H2,1-3H3,(H,29,33). The maximum absolute atomic E-state index is 13.1. The van der Waals surface area contributed by atoms with Gasteiger partial charge in [0.25, 0.3) is 0 Å². The van der Waals surface area contributed by atoms with E-state index in [1.165, 1.54) is 10.9 Å². The van der Waals surface area contributed by atoms with E-state index < -0.39 is 0 Å². The number of nitrogens with one attached hydrogen (secondary N) is 2. The molecular weight excluding hydrogens is 442 g/mol. The minimum atomic E-state index is -0.0430. The van der Waals surface area contributed by atoms with Gasteiger partial charge in [-0.15, -0.1) is 0 Å². The second-order valence-electron chi connectivity index (χ2n) is 9.50. The van der Waals surface area contributed by atoms with Crippen molar-refractivity contribution in [2.24, 2.45) is 0 Å². The maximum atomic E-state index is 13.1. The number of amides is 2. The van der Waals surface area contributed by atoms with Crippen LogP contribution in [-0.2, 0) is 0 Å². The number of nitrogens with zero attached hydrogens (tertiary/aromatic N) is 3. The van der Waals surface area contributed by atoms with Crippen molar-refractivity contribution in [3.63, 3.8) is 0 Å². The summed E-state index contributed by atoms with van der Waals surface area (Å²) in [5.74, 6) is 2.12. The smallest absolute Gasteiger partial charge is 0.321 e. The van der Waals surface area contributed by atoms with E-state index in [-0.39, 0.29) is 6.03 Å². The number of piperazine rings is 1. The number of carbonyl (C=O) groups is 1. The quantitative estimate of drug-likeness (QED) is 0.572. The van der Waals surface area contributed by atoms with Gasteiger partial charge in [0.05, 0.1) is 25.4 Å². The fraction of sp³-hybridized carbons (Fsp3) is 0.444. The van der Waals surface area contributed by atoms with Crippen molar-refractivity contribution < 1.29 is 14.3 Å². The largest absolute Gasteiger partial charge is 0.495 e. The Kier molecular flexibility index (Phi) is 6.72. The molecular formula is C27H35N5O3. The van der Waals surface area contributed by atoms with Crippen LogP contribution >= 0.6 is 0 Å². The van der Waals surface area contributed by atoms with Gasteiger partial charge in [-0.3, -0.25) is 0 Å². The van der Waals surface area contributed by atoms with Gasteiger partial charge in [0.2, 0.25) is 0 Å². The summed E-state index contributed by atoms with van der Waals surface area (Å²) < 4.78 is 11.1. The number of hydrogen-bond donors (Lipinski definition) is 2. The average molecular weight is 478 g/mol. The second-order valence-corrected chi connectivity index (χ2v) is 9.50. The summed E-state index contributed by atoms with van der Waals surface area (Å²) in [6.07, 6.45) is 3.98. The number of H-pyrrole nitrogens is 1. The molecule has 2 saturated heterocycles. The third kappa shape index (κ3) is 4.75. The lowest BCUT2D eigenvalue weighted by atomic mass is 9.89. The Morgan fingerprint density at radius 1 is 0.971 bits per heavy atom. The van der Waals surface area contributed by atoms with Crippen molar-refractivity contribution in [3.05, 3.63) is 48.2 Å². The lowest BCUT2D eigenvalue weighted by Gasteiger charge is -2.35. The molecule has 2 N–H and O–H groups in total. The summed E-state index contributed by atoms with van der Waals surface area (Å²) in [5.41, 5.74) is 4.19. The van der Waals surface area contributed by atoms with Crippen LogP contribution in [0.25, 0.3) is 10.9 Å². The first-order valence-electron chi connectivity index (χ1n) is 12.4. The van der Waals surface area contributed by atoms with Crippen molar-refractivity contribution in [2.75, 3.05) is 70.8 Å². The summed E-state index contributed by atoms with van der Waals surface area (Å²) in [6.45, 7) is 5.37. The number of para-hydroxylation sites is 1. The molecule has 3 aromatic rings. The van der Waals surface area contributed by atoms with E-state index in [0.29, 0.717) is 5.92 Å². The number of benzene rings is 2. The van der Waals surface area contributed by atoms with Gasteiger partial charge in [0.1, 0.15) is 11.5 Å². The van der Waals surface area contributed by atoms with Crippen LogP contribution in [0, 0.1) is 0 Å². The molecule has 3 heterocycles. The highest BCUT2D eigenvalue weighted by molar-refractivity contribution is 5.91. The van der Waals surface area contributed by atoms with Crippen LogP contribution in [0.15, 0.2) is 42.6 Å². The normalized spacial score (nSPS) is 17.6. The molecule has 0 unspecified atom stereocenters. The first-order valence-corrected chi connectivity index (χ1v) is 12.4. The Bertz CT molecular complexity index is 1180. The monoisotopic (exact) mass is 477 g/mol. The molecule has 2 aromatic carbocycles. The van der Waals surface area contributed by atoms with Crippen LogP contribution in [0.4, 0.5) is 16.2 Å². The Labute approximate surface area is 206 Å². The van der Waals surface area contributed by atoms with Gasteiger partial charge in [-0.05, 0) is 55.6 Å². The zero-order valence-corrected chi connectivity index (χ0v) is 20.8. The molecule has 0 aliphatic carbocycles. The molecule has 8 heteroatoms. The predicted octanol–water partition coefficient (Wildman–Crippen LogP) is 4.35. The summed E-state index contributed by atoms with van der Waals surface area (Å²) >= 11 is 0. The summed E-state index contributed by atoms with van der Waals surface area (Å²) in [4.78, 5) is 23.0. The Hall–Kier alpha value is -3.39. The summed E-state index contributed by atoms with van der Waals surface area (Å²) in [5, 5.41) is 4.33. The first kappa shape index (κ1) is 23.4. The van der Waals surface area contributed by atoms with Crippen LogP contribution < -0.4 is 19.7 Å². The molecule has 0 spiro atoms. The second kappa shape index (κ2) is 10.1. The number of aromatic nitrogens is 1. The number of likely N-dealkylation sites (N-methyl/N-ethyl adjacent to an activating group) is 1. The van der Waals surface area contributed by atoms with Gasteiger partial charge in [-0.25, -0.2) is 4.79 Å². The first-order chi connectivity index (χ1) is 17.1. The number of hydrogen-bond acceptors (Lipinski definition) is 5. The minimum absolute atomic E-state index is 0.0430. The van der Waals surface area contributed by atoms with Crippen LogP contribution in [0.5, 0.6) is 11.5 Å². The fourth-order valence-electron chi connectivity index (χ4n) is 5.31. The van der Waals surface area contributed by atoms with E-state index >= 15 is 0 Å². The van der Waals surface area contributed by atoms with Crippen molar-refractivity contribution in [1.82, 2.24) is 14.8 Å². The highest BCUT2D eigenvalue weighted by Gasteiger charge is 2.26. The molecule has 1 aromatic heterocycles. The van der Waals surface area contributed by atoms with Crippen LogP contribution in [0.1, 0.15) is 24.3 Å². The average Bonchev–Trinajstić information content (AvgIpc) is 3.33. The molecule has 0 saturated carbocycles. The SMILES string of the molecule is COc1ccc(NC(=O)N2CCC(c3c[nH]c4c(OC)cccc34)CC2)cc1N1CCN(C)CC1. The zero-order chi connectivity index (χ0) is 24.4. The molecule has 0 atom stereocenters. The minimum Gasteiger partial charge on any atom is -0.495 e. The van der Waals surface area contributed by atoms with Gasteiger partial charge < -0.3 is 34.5 Å². The maximum Gasteiger partial charge on any atom is 0.321 e. The third-order valence-corrected chi connectivity index (χ3v) is 7.43. The van der Waals surface area contributed by atoms with E-state index in [2.05, 4.69) is 39.4 Å². The number of fused-ring (bicyclic) bond motifs is 1. The Balaban J connectivity index is 1.23. The molecule has 2 amide bonds.